The highest BCUT2D eigenvalue weighted by atomic mass is 32.2. The molecule has 6 nitrogen and oxygen atoms in total. The molecule has 0 bridgehead atoms. The van der Waals surface area contributed by atoms with E-state index < -0.39 is 49.9 Å². The number of benzene rings is 2. The molecule has 0 amide bonds. The van der Waals surface area contributed by atoms with Crippen LogP contribution in [0.25, 0.3) is 5.57 Å². The Hall–Kier alpha value is -3.66. The maximum Gasteiger partial charge on any atom is 0.339 e. The molecule has 0 unspecified atom stereocenters. The van der Waals surface area contributed by atoms with Gasteiger partial charge in [-0.3, -0.25) is 0 Å². The number of hydrogen-bond donors (Lipinski definition) is 1. The number of carboxylic acids is 1. The Balaban J connectivity index is 1.73. The SMILES string of the molecule is Cc1c(F)c(F)c(C(=O)O)c(C2=C3C=CC(=[N+]4CCC4)C=C3S(=O)(=O)c3cc(N4CCC4)ccc32)c1F. The Kier molecular flexibility index (Phi) is 5.24. The van der Waals surface area contributed by atoms with E-state index >= 15 is 4.39 Å². The van der Waals surface area contributed by atoms with Gasteiger partial charge in [0.25, 0.3) is 0 Å². The first-order valence-corrected chi connectivity index (χ1v) is 13.4. The lowest BCUT2D eigenvalue weighted by atomic mass is 9.85. The molecule has 6 rings (SSSR count). The van der Waals surface area contributed by atoms with Gasteiger partial charge in [0.2, 0.25) is 15.5 Å². The first kappa shape index (κ1) is 23.7. The number of anilines is 1. The minimum atomic E-state index is -4.11. The standard InChI is InChI=1S/C27H21F3N2O4S/c1-14-24(28)22(23(27(33)34)26(30)25(14)29)21-17-6-4-15(31-8-2-9-31)12-19(17)37(35,36)20-13-16(5-7-18(20)21)32-10-3-11-32/h4-7,12-13H,2-3,8-11H2,1H3/p+1. The minimum Gasteiger partial charge on any atom is -0.478 e. The van der Waals surface area contributed by atoms with Crippen molar-refractivity contribution in [1.82, 2.24) is 0 Å². The summed E-state index contributed by atoms with van der Waals surface area (Å²) in [7, 11) is -4.11. The van der Waals surface area contributed by atoms with Gasteiger partial charge in [-0.25, -0.2) is 31.0 Å². The number of aromatic carboxylic acids is 1. The summed E-state index contributed by atoms with van der Waals surface area (Å²) >= 11 is 0. The molecular formula is C27H22F3N2O4S+. The highest BCUT2D eigenvalue weighted by molar-refractivity contribution is 7.95. The number of halogens is 3. The third kappa shape index (κ3) is 3.34. The van der Waals surface area contributed by atoms with Crippen molar-refractivity contribution in [2.45, 2.75) is 24.7 Å². The second-order valence-corrected chi connectivity index (χ2v) is 11.4. The molecule has 2 aromatic rings. The minimum absolute atomic E-state index is 0.0419. The van der Waals surface area contributed by atoms with Gasteiger partial charge in [-0.1, -0.05) is 6.07 Å². The Morgan fingerprint density at radius 1 is 1.03 bits per heavy atom. The molecule has 2 aromatic carbocycles. The summed E-state index contributed by atoms with van der Waals surface area (Å²) < 4.78 is 75.0. The number of carbonyl (C=O) groups is 1. The lowest BCUT2D eigenvalue weighted by Crippen LogP contribution is -2.37. The Bertz CT molecular complexity index is 1660. The van der Waals surface area contributed by atoms with Crippen molar-refractivity contribution in [2.24, 2.45) is 0 Å². The monoisotopic (exact) mass is 527 g/mol. The van der Waals surface area contributed by atoms with Crippen LogP contribution in [0.4, 0.5) is 18.9 Å². The number of rotatable bonds is 3. The third-order valence-corrected chi connectivity index (χ3v) is 9.33. The second kappa shape index (κ2) is 8.17. The molecule has 2 saturated heterocycles. The number of allylic oxidation sites excluding steroid dienone is 4. The molecule has 10 heteroatoms. The van der Waals surface area contributed by atoms with Crippen LogP contribution in [0.2, 0.25) is 0 Å². The fraction of sp³-hybridized carbons (Fsp3) is 0.259. The molecule has 3 heterocycles. The molecule has 4 aliphatic rings. The van der Waals surface area contributed by atoms with Crippen molar-refractivity contribution < 1.29 is 36.1 Å². The van der Waals surface area contributed by atoms with Crippen LogP contribution in [0.5, 0.6) is 0 Å². The first-order valence-electron chi connectivity index (χ1n) is 11.9. The van der Waals surface area contributed by atoms with Crippen LogP contribution < -0.4 is 4.90 Å². The van der Waals surface area contributed by atoms with Gasteiger partial charge in [0.15, 0.2) is 11.6 Å². The number of hydrogen-bond acceptors (Lipinski definition) is 4. The molecule has 0 atom stereocenters. The number of fused-ring (bicyclic) bond motifs is 2. The Morgan fingerprint density at radius 2 is 1.76 bits per heavy atom. The fourth-order valence-electron chi connectivity index (χ4n) is 5.17. The normalized spacial score (nSPS) is 19.7. The lowest BCUT2D eigenvalue weighted by Gasteiger charge is -2.34. The largest absolute Gasteiger partial charge is 0.478 e. The van der Waals surface area contributed by atoms with Gasteiger partial charge >= 0.3 is 5.97 Å². The zero-order valence-electron chi connectivity index (χ0n) is 19.8. The van der Waals surface area contributed by atoms with Crippen molar-refractivity contribution in [1.29, 1.82) is 0 Å². The van der Waals surface area contributed by atoms with E-state index in [1.54, 1.807) is 12.1 Å². The highest BCUT2D eigenvalue weighted by Crippen LogP contribution is 2.48. The predicted octanol–water partition coefficient (Wildman–Crippen LogP) is 4.22. The maximum absolute atomic E-state index is 15.7. The molecule has 0 spiro atoms. The molecule has 3 aliphatic heterocycles. The fourth-order valence-corrected chi connectivity index (χ4v) is 6.88. The van der Waals surface area contributed by atoms with E-state index in [2.05, 4.69) is 0 Å². The molecule has 0 radical (unpaired) electrons. The Morgan fingerprint density at radius 3 is 2.35 bits per heavy atom. The summed E-state index contributed by atoms with van der Waals surface area (Å²) in [6.45, 7) is 4.04. The summed E-state index contributed by atoms with van der Waals surface area (Å²) in [5.41, 5.74) is -1.22. The van der Waals surface area contributed by atoms with Gasteiger partial charge in [-0.05, 0) is 31.6 Å². The molecule has 1 N–H and O–H groups in total. The van der Waals surface area contributed by atoms with Gasteiger partial charge in [0.1, 0.15) is 24.5 Å². The van der Waals surface area contributed by atoms with E-state index in [4.69, 9.17) is 0 Å². The molecule has 2 fully saturated rings. The number of sulfone groups is 1. The first-order chi connectivity index (χ1) is 17.6. The van der Waals surface area contributed by atoms with Gasteiger partial charge < -0.3 is 10.0 Å². The third-order valence-electron chi connectivity index (χ3n) is 7.49. The zero-order chi connectivity index (χ0) is 26.2. The van der Waals surface area contributed by atoms with Crippen molar-refractivity contribution in [3.8, 4) is 0 Å². The molecule has 190 valence electrons. The van der Waals surface area contributed by atoms with E-state index in [0.717, 1.165) is 45.9 Å². The maximum atomic E-state index is 15.7. The summed E-state index contributed by atoms with van der Waals surface area (Å²) in [6.07, 6.45) is 6.59. The van der Waals surface area contributed by atoms with Crippen LogP contribution >= 0.6 is 0 Å². The number of nitrogens with zero attached hydrogens (tertiary/aromatic N) is 2. The van der Waals surface area contributed by atoms with E-state index in [-0.39, 0.29) is 26.5 Å². The quantitative estimate of drug-likeness (QED) is 0.478. The molecule has 0 aromatic heterocycles. The van der Waals surface area contributed by atoms with Crippen LogP contribution in [0.1, 0.15) is 39.9 Å². The van der Waals surface area contributed by atoms with Crippen LogP contribution in [0, 0.1) is 24.4 Å². The summed E-state index contributed by atoms with van der Waals surface area (Å²) in [5, 5.41) is 9.81. The number of carboxylic acid groups (broad SMARTS) is 1. The van der Waals surface area contributed by atoms with Crippen molar-refractivity contribution >= 4 is 32.8 Å². The zero-order valence-corrected chi connectivity index (χ0v) is 20.6. The van der Waals surface area contributed by atoms with E-state index in [1.807, 2.05) is 9.48 Å². The Labute approximate surface area is 211 Å². The summed E-state index contributed by atoms with van der Waals surface area (Å²) in [6, 6.07) is 4.66. The van der Waals surface area contributed by atoms with Crippen LogP contribution in [0.15, 0.2) is 51.8 Å². The molecule has 1 aliphatic carbocycles. The van der Waals surface area contributed by atoms with Crippen LogP contribution in [-0.4, -0.2) is 56.0 Å². The predicted molar refractivity (Wildman–Crippen MR) is 131 cm³/mol. The van der Waals surface area contributed by atoms with Crippen LogP contribution in [-0.2, 0) is 9.84 Å². The van der Waals surface area contributed by atoms with Gasteiger partial charge in [0.05, 0.1) is 16.2 Å². The average Bonchev–Trinajstić information content (AvgIpc) is 2.79. The van der Waals surface area contributed by atoms with Gasteiger partial charge in [0, 0.05) is 58.8 Å². The van der Waals surface area contributed by atoms with Crippen LogP contribution in [0.3, 0.4) is 0 Å². The van der Waals surface area contributed by atoms with Gasteiger partial charge in [-0.15, -0.1) is 0 Å². The molecular weight excluding hydrogens is 505 g/mol. The van der Waals surface area contributed by atoms with Gasteiger partial charge in [-0.2, -0.15) is 0 Å². The summed E-state index contributed by atoms with van der Waals surface area (Å²) in [5.74, 6) is -6.39. The smallest absolute Gasteiger partial charge is 0.339 e. The van der Waals surface area contributed by atoms with E-state index in [9.17, 15) is 27.1 Å². The van der Waals surface area contributed by atoms with E-state index in [1.165, 1.54) is 24.3 Å². The molecule has 0 saturated carbocycles. The average molecular weight is 528 g/mol. The van der Waals surface area contributed by atoms with Crippen molar-refractivity contribution in [3.05, 3.63) is 86.6 Å². The highest BCUT2D eigenvalue weighted by Gasteiger charge is 2.41. The summed E-state index contributed by atoms with van der Waals surface area (Å²) in [4.78, 5) is 13.9. The second-order valence-electron chi connectivity index (χ2n) is 9.54. The lowest BCUT2D eigenvalue weighted by molar-refractivity contribution is -0.582. The molecule has 37 heavy (non-hydrogen) atoms. The topological polar surface area (TPSA) is 77.7 Å². The van der Waals surface area contributed by atoms with Crippen molar-refractivity contribution in [2.75, 3.05) is 31.1 Å². The van der Waals surface area contributed by atoms with Crippen molar-refractivity contribution in [3.63, 3.8) is 0 Å². The van der Waals surface area contributed by atoms with E-state index in [0.29, 0.717) is 11.4 Å².